The third-order valence-electron chi connectivity index (χ3n) is 8.32. The molecule has 0 spiro atoms. The maximum absolute atomic E-state index is 13.6. The molecular weight excluding hydrogens is 600 g/mol. The largest absolute Gasteiger partial charge is 0.457 e. The normalized spacial score (nSPS) is 17.2. The van der Waals surface area contributed by atoms with E-state index in [0.29, 0.717) is 0 Å². The maximum Gasteiger partial charge on any atom is 0.337 e. The molecule has 0 N–H and O–H groups in total. The van der Waals surface area contributed by atoms with Crippen LogP contribution in [0.4, 0.5) is 0 Å². The minimum Gasteiger partial charge on any atom is -0.457 e. The zero-order chi connectivity index (χ0) is 32.9. The van der Waals surface area contributed by atoms with Gasteiger partial charge in [-0.05, 0) is 67.2 Å². The van der Waals surface area contributed by atoms with Crippen LogP contribution in [0.1, 0.15) is 16.7 Å². The number of ether oxygens (including phenoxy) is 3. The molecule has 0 amide bonds. The predicted octanol–water partition coefficient (Wildman–Crippen LogP) is 8.34. The number of fused-ring (bicyclic) bond motifs is 3. The van der Waals surface area contributed by atoms with Crippen molar-refractivity contribution >= 4 is 68.5 Å². The van der Waals surface area contributed by atoms with Gasteiger partial charge in [0.1, 0.15) is 19.8 Å². The van der Waals surface area contributed by atoms with E-state index in [0.717, 1.165) is 49.0 Å². The second-order valence-electron chi connectivity index (χ2n) is 11.4. The summed E-state index contributed by atoms with van der Waals surface area (Å²) in [4.78, 5) is 40.9. The fourth-order valence-corrected chi connectivity index (χ4v) is 5.88. The third kappa shape index (κ3) is 6.50. The van der Waals surface area contributed by atoms with Crippen LogP contribution in [-0.4, -0.2) is 37.7 Å². The number of carbonyl (C=O) groups is 3. The first-order valence-corrected chi connectivity index (χ1v) is 15.6. The molecule has 6 heteroatoms. The summed E-state index contributed by atoms with van der Waals surface area (Å²) >= 11 is 0. The number of cyclic esters (lactones) is 3. The summed E-state index contributed by atoms with van der Waals surface area (Å²) in [5.74, 6) is -2.15. The first kappa shape index (κ1) is 30.4. The lowest BCUT2D eigenvalue weighted by Crippen LogP contribution is -2.24. The Bertz CT molecular complexity index is 2030. The van der Waals surface area contributed by atoms with Crippen molar-refractivity contribution in [2.45, 2.75) is 0 Å². The minimum absolute atomic E-state index is 0.127. The molecular formula is C42H30O6. The Labute approximate surface area is 277 Å². The van der Waals surface area contributed by atoms with E-state index in [1.807, 2.05) is 127 Å². The molecule has 1 heterocycles. The Hall–Kier alpha value is -6.27. The minimum atomic E-state index is -0.715. The molecule has 0 aromatic heterocycles. The molecule has 1 saturated heterocycles. The van der Waals surface area contributed by atoms with Gasteiger partial charge in [-0.25, -0.2) is 14.4 Å². The first-order chi connectivity index (χ1) is 23.5. The maximum atomic E-state index is 13.6. The Morgan fingerprint density at radius 1 is 0.354 bits per heavy atom. The van der Waals surface area contributed by atoms with Gasteiger partial charge in [-0.3, -0.25) is 0 Å². The van der Waals surface area contributed by atoms with Crippen LogP contribution in [-0.2, 0) is 28.6 Å². The average molecular weight is 631 g/mol. The van der Waals surface area contributed by atoms with Crippen LogP contribution in [0.3, 0.4) is 0 Å². The number of hydrogen-bond donors (Lipinski definition) is 0. The molecule has 6 aromatic carbocycles. The number of hydrogen-bond acceptors (Lipinski definition) is 6. The van der Waals surface area contributed by atoms with E-state index in [1.54, 1.807) is 18.2 Å². The number of carbonyl (C=O) groups excluding carboxylic acids is 3. The summed E-state index contributed by atoms with van der Waals surface area (Å²) in [6.07, 6.45) is 5.01. The van der Waals surface area contributed by atoms with E-state index >= 15 is 0 Å². The highest BCUT2D eigenvalue weighted by Crippen LogP contribution is 2.26. The Morgan fingerprint density at radius 3 is 0.938 bits per heavy atom. The fraction of sp³-hybridized carbons (Fsp3) is 0.0714. The zero-order valence-electron chi connectivity index (χ0n) is 25.9. The lowest BCUT2D eigenvalue weighted by atomic mass is 10.0. The van der Waals surface area contributed by atoms with Crippen molar-refractivity contribution in [1.29, 1.82) is 0 Å². The van der Waals surface area contributed by atoms with Crippen molar-refractivity contribution in [3.63, 3.8) is 0 Å². The van der Waals surface area contributed by atoms with Crippen molar-refractivity contribution in [2.24, 2.45) is 0 Å². The molecule has 0 atom stereocenters. The molecule has 6 nitrogen and oxygen atoms in total. The van der Waals surface area contributed by atoms with E-state index in [2.05, 4.69) is 0 Å². The van der Waals surface area contributed by atoms with E-state index in [9.17, 15) is 14.4 Å². The molecule has 0 radical (unpaired) electrons. The van der Waals surface area contributed by atoms with Gasteiger partial charge in [-0.2, -0.15) is 0 Å². The second-order valence-corrected chi connectivity index (χ2v) is 11.4. The lowest BCUT2D eigenvalue weighted by molar-refractivity contribution is -0.145. The fourth-order valence-electron chi connectivity index (χ4n) is 5.88. The Kier molecular flexibility index (Phi) is 8.62. The summed E-state index contributed by atoms with van der Waals surface area (Å²) in [6, 6.07) is 40.7. The van der Waals surface area contributed by atoms with Crippen molar-refractivity contribution < 1.29 is 28.6 Å². The molecule has 6 aromatic rings. The van der Waals surface area contributed by atoms with Crippen LogP contribution in [0.5, 0.6) is 0 Å². The number of esters is 3. The summed E-state index contributed by atoms with van der Waals surface area (Å²) in [5, 5.41) is 5.76. The highest BCUT2D eigenvalue weighted by molar-refractivity contribution is 6.03. The summed E-state index contributed by atoms with van der Waals surface area (Å²) in [6.45, 7) is -1.03. The molecule has 48 heavy (non-hydrogen) atoms. The monoisotopic (exact) mass is 630 g/mol. The van der Waals surface area contributed by atoms with E-state index < -0.39 is 17.9 Å². The predicted molar refractivity (Wildman–Crippen MR) is 189 cm³/mol. The van der Waals surface area contributed by atoms with Gasteiger partial charge in [0.25, 0.3) is 0 Å². The van der Waals surface area contributed by atoms with Gasteiger partial charge in [0.15, 0.2) is 0 Å². The first-order valence-electron chi connectivity index (χ1n) is 15.6. The zero-order valence-corrected chi connectivity index (χ0v) is 25.9. The van der Waals surface area contributed by atoms with Gasteiger partial charge in [0.2, 0.25) is 0 Å². The third-order valence-corrected chi connectivity index (χ3v) is 8.32. The second kappa shape index (κ2) is 13.6. The van der Waals surface area contributed by atoms with E-state index in [1.165, 1.54) is 0 Å². The molecule has 1 aliphatic rings. The quantitative estimate of drug-likeness (QED) is 0.111. The molecule has 0 aliphatic carbocycles. The number of rotatable bonds is 3. The smallest absolute Gasteiger partial charge is 0.337 e. The molecule has 7 rings (SSSR count). The lowest BCUT2D eigenvalue weighted by Gasteiger charge is -2.16. The summed E-state index contributed by atoms with van der Waals surface area (Å²) in [5.41, 5.74) is 2.68. The molecule has 1 fully saturated rings. The highest BCUT2D eigenvalue weighted by Gasteiger charge is 2.23. The van der Waals surface area contributed by atoms with Gasteiger partial charge in [0.05, 0.1) is 16.7 Å². The van der Waals surface area contributed by atoms with Crippen LogP contribution in [0, 0.1) is 0 Å². The van der Waals surface area contributed by atoms with Crippen LogP contribution in [0.15, 0.2) is 144 Å². The van der Waals surface area contributed by atoms with Gasteiger partial charge in [-0.15, -0.1) is 0 Å². The standard InChI is InChI=1S/C42H30O6/c43-40-34(22-31-16-7-13-28-10-1-4-19-37(28)31)25-46-41(44)36(24-33-18-9-15-30-12-3-6-21-39(30)33)27-48-42(45)35(26-47-40)23-32-17-8-14-29-11-2-5-20-38(29)32/h1-24H,25-27H2/b34-22+,35-23+,36-24+. The van der Waals surface area contributed by atoms with Gasteiger partial charge < -0.3 is 14.2 Å². The van der Waals surface area contributed by atoms with Crippen molar-refractivity contribution in [3.05, 3.63) is 161 Å². The van der Waals surface area contributed by atoms with Gasteiger partial charge >= 0.3 is 17.9 Å². The topological polar surface area (TPSA) is 78.9 Å². The molecule has 0 bridgehead atoms. The van der Waals surface area contributed by atoms with E-state index in [-0.39, 0.29) is 36.5 Å². The summed E-state index contributed by atoms with van der Waals surface area (Å²) in [7, 11) is 0. The highest BCUT2D eigenvalue weighted by atomic mass is 16.6. The van der Waals surface area contributed by atoms with E-state index in [4.69, 9.17) is 14.2 Å². The molecule has 0 unspecified atom stereocenters. The van der Waals surface area contributed by atoms with Crippen LogP contribution >= 0.6 is 0 Å². The Morgan fingerprint density at radius 2 is 0.625 bits per heavy atom. The molecule has 234 valence electrons. The van der Waals surface area contributed by atoms with Crippen LogP contribution in [0.2, 0.25) is 0 Å². The van der Waals surface area contributed by atoms with Crippen LogP contribution < -0.4 is 0 Å². The SMILES string of the molecule is O=C1OC/C(=C\c2cccc3ccccc23)C(=O)OC/C(=C\c2cccc3ccccc23)C(=O)OC/C1=C\c1cccc2ccccc12. The van der Waals surface area contributed by atoms with Gasteiger partial charge in [-0.1, -0.05) is 127 Å². The average Bonchev–Trinajstić information content (AvgIpc) is 3.12. The van der Waals surface area contributed by atoms with Crippen molar-refractivity contribution in [1.82, 2.24) is 0 Å². The Balaban J connectivity index is 1.31. The van der Waals surface area contributed by atoms with Gasteiger partial charge in [0, 0.05) is 0 Å². The summed E-state index contributed by atoms with van der Waals surface area (Å²) < 4.78 is 17.1. The van der Waals surface area contributed by atoms with Crippen molar-refractivity contribution in [3.8, 4) is 0 Å². The van der Waals surface area contributed by atoms with Crippen LogP contribution in [0.25, 0.3) is 50.5 Å². The molecule has 1 aliphatic heterocycles. The van der Waals surface area contributed by atoms with Crippen molar-refractivity contribution in [2.75, 3.05) is 19.8 Å². The number of benzene rings is 6. The molecule has 0 saturated carbocycles.